The van der Waals surface area contributed by atoms with Gasteiger partial charge in [0.15, 0.2) is 5.13 Å². The fourth-order valence-corrected chi connectivity index (χ4v) is 6.33. The molecule has 4 rings (SSSR count). The fraction of sp³-hybridized carbons (Fsp3) is 0.579. The van der Waals surface area contributed by atoms with Gasteiger partial charge in [-0.15, -0.1) is 0 Å². The van der Waals surface area contributed by atoms with Gasteiger partial charge in [-0.25, -0.2) is 13.4 Å². The predicted octanol–water partition coefficient (Wildman–Crippen LogP) is 1.69. The smallest absolute Gasteiger partial charge is 0.241 e. The molecule has 0 radical (unpaired) electrons. The van der Waals surface area contributed by atoms with E-state index < -0.39 is 16.1 Å². The lowest BCUT2D eigenvalue weighted by Gasteiger charge is -2.36. The highest BCUT2D eigenvalue weighted by molar-refractivity contribution is 7.88. The van der Waals surface area contributed by atoms with Gasteiger partial charge in [0, 0.05) is 32.7 Å². The number of rotatable bonds is 4. The zero-order valence-corrected chi connectivity index (χ0v) is 18.6. The SMILES string of the molecule is COc1ccc(C)c2sc(N3CCN(C(=O)[C@H]4CCCN4S(C)(=O)=O)CC3)nc12. The lowest BCUT2D eigenvalue weighted by atomic mass is 10.2. The van der Waals surface area contributed by atoms with E-state index in [-0.39, 0.29) is 5.91 Å². The number of fused-ring (bicyclic) bond motifs is 1. The van der Waals surface area contributed by atoms with Crippen molar-refractivity contribution in [3.8, 4) is 5.75 Å². The Labute approximate surface area is 175 Å². The Hall–Kier alpha value is -1.91. The van der Waals surface area contributed by atoms with Crippen LogP contribution in [0.4, 0.5) is 5.13 Å². The number of amides is 1. The number of benzene rings is 1. The Balaban J connectivity index is 1.47. The molecule has 29 heavy (non-hydrogen) atoms. The van der Waals surface area contributed by atoms with Crippen molar-refractivity contribution < 1.29 is 17.9 Å². The number of hydrogen-bond donors (Lipinski definition) is 0. The van der Waals surface area contributed by atoms with E-state index in [1.165, 1.54) is 16.1 Å². The van der Waals surface area contributed by atoms with Crippen LogP contribution >= 0.6 is 11.3 Å². The quantitative estimate of drug-likeness (QED) is 0.722. The number of sulfonamides is 1. The Morgan fingerprint density at radius 1 is 1.21 bits per heavy atom. The second-order valence-electron chi connectivity index (χ2n) is 7.60. The molecular formula is C19H26N4O4S2. The zero-order valence-electron chi connectivity index (χ0n) is 16.9. The summed E-state index contributed by atoms with van der Waals surface area (Å²) in [5.74, 6) is 0.693. The van der Waals surface area contributed by atoms with Gasteiger partial charge in [0.2, 0.25) is 15.9 Å². The van der Waals surface area contributed by atoms with Gasteiger partial charge >= 0.3 is 0 Å². The van der Waals surface area contributed by atoms with Gasteiger partial charge < -0.3 is 14.5 Å². The molecule has 10 heteroatoms. The molecule has 3 heterocycles. The van der Waals surface area contributed by atoms with Gasteiger partial charge in [-0.3, -0.25) is 4.79 Å². The number of carbonyl (C=O) groups excluding carboxylic acids is 1. The topological polar surface area (TPSA) is 83.0 Å². The maximum atomic E-state index is 12.9. The first kappa shape index (κ1) is 20.4. The molecule has 0 N–H and O–H groups in total. The lowest BCUT2D eigenvalue weighted by molar-refractivity contribution is -0.134. The Morgan fingerprint density at radius 2 is 1.93 bits per heavy atom. The summed E-state index contributed by atoms with van der Waals surface area (Å²) in [4.78, 5) is 21.7. The number of nitrogens with zero attached hydrogens (tertiary/aromatic N) is 4. The molecule has 1 aromatic carbocycles. The minimum Gasteiger partial charge on any atom is -0.494 e. The van der Waals surface area contributed by atoms with Crippen molar-refractivity contribution in [1.29, 1.82) is 0 Å². The number of piperazine rings is 1. The average molecular weight is 439 g/mol. The van der Waals surface area contributed by atoms with E-state index >= 15 is 0 Å². The van der Waals surface area contributed by atoms with Gasteiger partial charge in [0.25, 0.3) is 0 Å². The summed E-state index contributed by atoms with van der Waals surface area (Å²) in [7, 11) is -1.71. The minimum absolute atomic E-state index is 0.0746. The molecule has 1 amide bonds. The number of ether oxygens (including phenoxy) is 1. The normalized spacial score (nSPS) is 21.1. The first-order valence-electron chi connectivity index (χ1n) is 9.74. The highest BCUT2D eigenvalue weighted by Crippen LogP contribution is 2.36. The highest BCUT2D eigenvalue weighted by Gasteiger charge is 2.39. The van der Waals surface area contributed by atoms with E-state index in [0.29, 0.717) is 39.1 Å². The molecule has 0 spiro atoms. The summed E-state index contributed by atoms with van der Waals surface area (Å²) in [6.07, 6.45) is 2.51. The van der Waals surface area contributed by atoms with E-state index in [2.05, 4.69) is 11.8 Å². The number of thiazole rings is 1. The third-order valence-electron chi connectivity index (χ3n) is 5.69. The molecule has 8 nitrogen and oxygen atoms in total. The number of aryl methyl sites for hydroxylation is 1. The van der Waals surface area contributed by atoms with Crippen LogP contribution in [0.25, 0.3) is 10.2 Å². The molecule has 1 aromatic heterocycles. The predicted molar refractivity (Wildman–Crippen MR) is 114 cm³/mol. The molecule has 0 unspecified atom stereocenters. The van der Waals surface area contributed by atoms with Crippen LogP contribution in [-0.2, 0) is 14.8 Å². The van der Waals surface area contributed by atoms with Crippen molar-refractivity contribution in [2.24, 2.45) is 0 Å². The third kappa shape index (κ3) is 3.80. The molecule has 0 aliphatic carbocycles. The third-order valence-corrected chi connectivity index (χ3v) is 8.23. The van der Waals surface area contributed by atoms with Crippen LogP contribution in [0.1, 0.15) is 18.4 Å². The van der Waals surface area contributed by atoms with Crippen molar-refractivity contribution in [2.75, 3.05) is 51.0 Å². The van der Waals surface area contributed by atoms with Gasteiger partial charge in [-0.1, -0.05) is 17.4 Å². The largest absolute Gasteiger partial charge is 0.494 e. The van der Waals surface area contributed by atoms with Crippen molar-refractivity contribution >= 4 is 42.6 Å². The maximum absolute atomic E-state index is 12.9. The standard InChI is InChI=1S/C19H26N4O4S2/c1-13-6-7-15(27-2)16-17(13)28-19(20-16)22-11-9-21(10-12-22)18(24)14-5-4-8-23(14)29(3,25)26/h6-7,14H,4-5,8-12H2,1-3H3/t14-/m1/s1. The maximum Gasteiger partial charge on any atom is 0.241 e. The molecule has 158 valence electrons. The molecule has 2 aromatic rings. The number of aromatic nitrogens is 1. The van der Waals surface area contributed by atoms with Crippen LogP contribution in [0.2, 0.25) is 0 Å². The van der Waals surface area contributed by atoms with Gasteiger partial charge in [-0.05, 0) is 31.4 Å². The number of carbonyl (C=O) groups is 1. The molecule has 0 saturated carbocycles. The summed E-state index contributed by atoms with van der Waals surface area (Å²) in [5.41, 5.74) is 2.04. The Morgan fingerprint density at radius 3 is 2.59 bits per heavy atom. The number of hydrogen-bond acceptors (Lipinski definition) is 7. The number of anilines is 1. The Bertz CT molecular complexity index is 1030. The van der Waals surface area contributed by atoms with Crippen LogP contribution in [0.15, 0.2) is 12.1 Å². The summed E-state index contributed by atoms with van der Waals surface area (Å²) < 4.78 is 31.8. The fourth-order valence-electron chi connectivity index (χ4n) is 4.11. The summed E-state index contributed by atoms with van der Waals surface area (Å²) in [5, 5.41) is 0.929. The van der Waals surface area contributed by atoms with Crippen molar-refractivity contribution in [3.05, 3.63) is 17.7 Å². The van der Waals surface area contributed by atoms with E-state index in [0.717, 1.165) is 27.5 Å². The van der Waals surface area contributed by atoms with Gasteiger partial charge in [0.05, 0.1) is 18.1 Å². The van der Waals surface area contributed by atoms with Crippen LogP contribution in [0, 0.1) is 6.92 Å². The zero-order chi connectivity index (χ0) is 20.8. The Kier molecular flexibility index (Phi) is 5.43. The van der Waals surface area contributed by atoms with E-state index in [4.69, 9.17) is 9.72 Å². The van der Waals surface area contributed by atoms with Gasteiger partial charge in [0.1, 0.15) is 17.3 Å². The van der Waals surface area contributed by atoms with E-state index in [1.54, 1.807) is 23.3 Å². The minimum atomic E-state index is -3.36. The van der Waals surface area contributed by atoms with Crippen molar-refractivity contribution in [2.45, 2.75) is 25.8 Å². The molecular weight excluding hydrogens is 412 g/mol. The summed E-state index contributed by atoms with van der Waals surface area (Å²) in [6, 6.07) is 3.42. The first-order valence-corrected chi connectivity index (χ1v) is 12.4. The second-order valence-corrected chi connectivity index (χ2v) is 10.5. The number of methoxy groups -OCH3 is 1. The average Bonchev–Trinajstić information content (AvgIpc) is 3.36. The van der Waals surface area contributed by atoms with Crippen LogP contribution < -0.4 is 9.64 Å². The van der Waals surface area contributed by atoms with Crippen molar-refractivity contribution in [1.82, 2.24) is 14.2 Å². The molecule has 2 aliphatic rings. The second kappa shape index (κ2) is 7.73. The first-order chi connectivity index (χ1) is 13.8. The summed E-state index contributed by atoms with van der Waals surface area (Å²) >= 11 is 1.64. The van der Waals surface area contributed by atoms with E-state index in [9.17, 15) is 13.2 Å². The molecule has 2 fully saturated rings. The highest BCUT2D eigenvalue weighted by atomic mass is 32.2. The molecule has 2 saturated heterocycles. The monoisotopic (exact) mass is 438 g/mol. The van der Waals surface area contributed by atoms with Crippen molar-refractivity contribution in [3.63, 3.8) is 0 Å². The molecule has 2 aliphatic heterocycles. The van der Waals surface area contributed by atoms with Crippen LogP contribution in [0.3, 0.4) is 0 Å². The summed E-state index contributed by atoms with van der Waals surface area (Å²) in [6.45, 7) is 4.99. The van der Waals surface area contributed by atoms with E-state index in [1.807, 2.05) is 12.1 Å². The van der Waals surface area contributed by atoms with Gasteiger partial charge in [-0.2, -0.15) is 4.31 Å². The lowest BCUT2D eigenvalue weighted by Crippen LogP contribution is -2.54. The molecule has 0 bridgehead atoms. The van der Waals surface area contributed by atoms with Crippen LogP contribution in [0.5, 0.6) is 5.75 Å². The van der Waals surface area contributed by atoms with Crippen LogP contribution in [-0.4, -0.2) is 80.6 Å². The molecule has 1 atom stereocenters.